The molecule has 0 aliphatic heterocycles. The molecule has 0 radical (unpaired) electrons. The summed E-state index contributed by atoms with van der Waals surface area (Å²) in [7, 11) is 1.56. The number of anilines is 1. The van der Waals surface area contributed by atoms with Crippen LogP contribution in [0.5, 0.6) is 5.75 Å². The van der Waals surface area contributed by atoms with Crippen LogP contribution in [0.2, 0.25) is 0 Å². The molecule has 2 heterocycles. The van der Waals surface area contributed by atoms with E-state index in [1.54, 1.807) is 19.4 Å². The normalized spacial score (nSPS) is 11.2. The van der Waals surface area contributed by atoms with E-state index in [-0.39, 0.29) is 18.7 Å². The smallest absolute Gasteiger partial charge is 0.339 e. The van der Waals surface area contributed by atoms with Gasteiger partial charge in [0.15, 0.2) is 0 Å². The molecule has 0 bridgehead atoms. The quantitative estimate of drug-likeness (QED) is 0.470. The van der Waals surface area contributed by atoms with Crippen molar-refractivity contribution in [3.8, 4) is 5.75 Å². The van der Waals surface area contributed by atoms with E-state index in [4.69, 9.17) is 13.6 Å². The van der Waals surface area contributed by atoms with E-state index in [0.29, 0.717) is 28.2 Å². The maximum absolute atomic E-state index is 12.6. The number of rotatable bonds is 5. The molecule has 0 aliphatic rings. The van der Waals surface area contributed by atoms with Crippen molar-refractivity contribution in [2.24, 2.45) is 0 Å². The molecule has 1 N–H and O–H groups in total. The molecule has 0 unspecified atom stereocenters. The zero-order valence-electron chi connectivity index (χ0n) is 17.4. The number of ether oxygens (including phenoxy) is 1. The molecule has 1 amide bonds. The number of aryl methyl sites for hydroxylation is 3. The van der Waals surface area contributed by atoms with Crippen LogP contribution in [0.4, 0.5) is 5.69 Å². The summed E-state index contributed by atoms with van der Waals surface area (Å²) in [5.74, 6) is 0.397. The largest absolute Gasteiger partial charge is 0.495 e. The molecule has 30 heavy (non-hydrogen) atoms. The fourth-order valence-electron chi connectivity index (χ4n) is 3.70. The van der Waals surface area contributed by atoms with Crippen molar-refractivity contribution < 1.29 is 18.4 Å². The van der Waals surface area contributed by atoms with E-state index in [0.717, 1.165) is 27.5 Å². The molecule has 6 heteroatoms. The number of amides is 1. The summed E-state index contributed by atoms with van der Waals surface area (Å²) in [6.07, 6.45) is 2.12. The van der Waals surface area contributed by atoms with Crippen LogP contribution in [-0.2, 0) is 11.2 Å². The van der Waals surface area contributed by atoms with Gasteiger partial charge in [-0.3, -0.25) is 4.79 Å². The number of benzene rings is 2. The number of methoxy groups -OCH3 is 1. The molecular weight excluding hydrogens is 382 g/mol. The van der Waals surface area contributed by atoms with Crippen molar-refractivity contribution in [1.29, 1.82) is 0 Å². The SMILES string of the molecule is COc1ccc(C)cc1NC(=O)CCc1c(C)c2cc3c(C)coc3cc2oc1=O. The van der Waals surface area contributed by atoms with Gasteiger partial charge in [0.25, 0.3) is 0 Å². The fraction of sp³-hybridized carbons (Fsp3) is 0.250. The molecule has 2 aromatic heterocycles. The molecule has 154 valence electrons. The predicted molar refractivity (Wildman–Crippen MR) is 116 cm³/mol. The van der Waals surface area contributed by atoms with Crippen molar-refractivity contribution in [2.45, 2.75) is 33.6 Å². The number of carbonyl (C=O) groups is 1. The molecule has 6 nitrogen and oxygen atoms in total. The van der Waals surface area contributed by atoms with Crippen LogP contribution < -0.4 is 15.7 Å². The van der Waals surface area contributed by atoms with Gasteiger partial charge in [0.2, 0.25) is 5.91 Å². The first kappa shape index (κ1) is 19.8. The van der Waals surface area contributed by atoms with Gasteiger partial charge in [0.1, 0.15) is 16.9 Å². The molecule has 0 saturated heterocycles. The summed E-state index contributed by atoms with van der Waals surface area (Å²) in [5, 5.41) is 4.70. The average Bonchev–Trinajstić information content (AvgIpc) is 3.06. The Morgan fingerprint density at radius 1 is 1.07 bits per heavy atom. The van der Waals surface area contributed by atoms with Gasteiger partial charge < -0.3 is 18.9 Å². The lowest BCUT2D eigenvalue weighted by molar-refractivity contribution is -0.116. The first-order valence-corrected chi connectivity index (χ1v) is 9.76. The number of carbonyl (C=O) groups excluding carboxylic acids is 1. The fourth-order valence-corrected chi connectivity index (χ4v) is 3.70. The highest BCUT2D eigenvalue weighted by Gasteiger charge is 2.16. The van der Waals surface area contributed by atoms with Crippen LogP contribution in [0.15, 0.2) is 50.2 Å². The molecular formula is C24H23NO5. The molecule has 4 rings (SSSR count). The minimum Gasteiger partial charge on any atom is -0.495 e. The van der Waals surface area contributed by atoms with Crippen LogP contribution in [-0.4, -0.2) is 13.0 Å². The average molecular weight is 405 g/mol. The maximum Gasteiger partial charge on any atom is 0.339 e. The minimum atomic E-state index is -0.427. The van der Waals surface area contributed by atoms with Gasteiger partial charge in [-0.25, -0.2) is 4.79 Å². The zero-order valence-corrected chi connectivity index (χ0v) is 17.4. The molecule has 0 aliphatic carbocycles. The van der Waals surface area contributed by atoms with E-state index in [1.807, 2.05) is 45.0 Å². The van der Waals surface area contributed by atoms with Gasteiger partial charge in [0, 0.05) is 28.8 Å². The Morgan fingerprint density at radius 3 is 2.63 bits per heavy atom. The molecule has 0 atom stereocenters. The molecule has 2 aromatic carbocycles. The second kappa shape index (κ2) is 7.71. The van der Waals surface area contributed by atoms with Gasteiger partial charge in [0.05, 0.1) is 19.1 Å². The first-order valence-electron chi connectivity index (χ1n) is 9.76. The monoisotopic (exact) mass is 405 g/mol. The second-order valence-electron chi connectivity index (χ2n) is 7.51. The molecule has 0 spiro atoms. The van der Waals surface area contributed by atoms with Gasteiger partial charge in [-0.1, -0.05) is 6.07 Å². The summed E-state index contributed by atoms with van der Waals surface area (Å²) in [6.45, 7) is 5.80. The van der Waals surface area contributed by atoms with Crippen LogP contribution in [0.1, 0.15) is 28.7 Å². The van der Waals surface area contributed by atoms with E-state index >= 15 is 0 Å². The highest BCUT2D eigenvalue weighted by molar-refractivity contribution is 5.96. The molecule has 0 saturated carbocycles. The Kier molecular flexibility index (Phi) is 5.08. The summed E-state index contributed by atoms with van der Waals surface area (Å²) in [5.41, 5.74) is 4.72. The Balaban J connectivity index is 1.60. The number of fused-ring (bicyclic) bond motifs is 2. The Morgan fingerprint density at radius 2 is 1.87 bits per heavy atom. The van der Waals surface area contributed by atoms with Crippen molar-refractivity contribution in [2.75, 3.05) is 12.4 Å². The number of nitrogens with one attached hydrogen (secondary N) is 1. The topological polar surface area (TPSA) is 81.7 Å². The van der Waals surface area contributed by atoms with E-state index in [9.17, 15) is 9.59 Å². The molecule has 4 aromatic rings. The van der Waals surface area contributed by atoms with Crippen molar-refractivity contribution in [1.82, 2.24) is 0 Å². The summed E-state index contributed by atoms with van der Waals surface area (Å²) in [4.78, 5) is 25.1. The third-order valence-electron chi connectivity index (χ3n) is 5.41. The Bertz CT molecular complexity index is 1330. The van der Waals surface area contributed by atoms with Gasteiger partial charge in [-0.15, -0.1) is 0 Å². The third-order valence-corrected chi connectivity index (χ3v) is 5.41. The van der Waals surface area contributed by atoms with Gasteiger partial charge >= 0.3 is 5.63 Å². The summed E-state index contributed by atoms with van der Waals surface area (Å²) in [6, 6.07) is 9.29. The lowest BCUT2D eigenvalue weighted by Crippen LogP contribution is -2.17. The predicted octanol–water partition coefficient (Wildman–Crippen LogP) is 5.04. The van der Waals surface area contributed by atoms with Crippen LogP contribution in [0.3, 0.4) is 0 Å². The van der Waals surface area contributed by atoms with Crippen LogP contribution in [0, 0.1) is 20.8 Å². The summed E-state index contributed by atoms with van der Waals surface area (Å²) >= 11 is 0. The van der Waals surface area contributed by atoms with E-state index < -0.39 is 5.63 Å². The Labute approximate surface area is 173 Å². The van der Waals surface area contributed by atoms with Crippen LogP contribution in [0.25, 0.3) is 21.9 Å². The van der Waals surface area contributed by atoms with Crippen molar-refractivity contribution in [3.63, 3.8) is 0 Å². The van der Waals surface area contributed by atoms with Crippen molar-refractivity contribution in [3.05, 3.63) is 69.3 Å². The molecule has 0 fully saturated rings. The Hall–Kier alpha value is -3.54. The van der Waals surface area contributed by atoms with E-state index in [1.165, 1.54) is 0 Å². The third kappa shape index (κ3) is 3.56. The number of hydrogen-bond acceptors (Lipinski definition) is 5. The van der Waals surface area contributed by atoms with Crippen molar-refractivity contribution >= 4 is 33.5 Å². The van der Waals surface area contributed by atoms with Gasteiger partial charge in [-0.05, 0) is 62.1 Å². The lowest BCUT2D eigenvalue weighted by atomic mass is 10.0. The maximum atomic E-state index is 12.6. The summed E-state index contributed by atoms with van der Waals surface area (Å²) < 4.78 is 16.3. The number of furan rings is 1. The minimum absolute atomic E-state index is 0.154. The highest BCUT2D eigenvalue weighted by atomic mass is 16.5. The highest BCUT2D eigenvalue weighted by Crippen LogP contribution is 2.29. The number of hydrogen-bond donors (Lipinski definition) is 1. The van der Waals surface area contributed by atoms with Gasteiger partial charge in [-0.2, -0.15) is 0 Å². The zero-order chi connectivity index (χ0) is 21.4. The lowest BCUT2D eigenvalue weighted by Gasteiger charge is -2.12. The first-order chi connectivity index (χ1) is 14.4. The van der Waals surface area contributed by atoms with E-state index in [2.05, 4.69) is 5.32 Å². The van der Waals surface area contributed by atoms with Crippen LogP contribution >= 0.6 is 0 Å². The standard InChI is InChI=1S/C24H23NO5/c1-13-5-7-20(28-4)19(9-13)25-23(26)8-6-16-15(3)18-10-17-14(2)12-29-21(17)11-22(18)30-24(16)27/h5,7,9-12H,6,8H2,1-4H3,(H,25,26). The second-order valence-corrected chi connectivity index (χ2v) is 7.51.